The van der Waals surface area contributed by atoms with Crippen molar-refractivity contribution in [3.8, 4) is 0 Å². The lowest BCUT2D eigenvalue weighted by molar-refractivity contribution is 0.405. The minimum absolute atomic E-state index is 0.452. The lowest BCUT2D eigenvalue weighted by Gasteiger charge is -2.19. The fraction of sp³-hybridized carbons (Fsp3) is 0.667. The molecule has 0 aromatic carbocycles. The van der Waals surface area contributed by atoms with Crippen molar-refractivity contribution in [3.63, 3.8) is 0 Å². The molecule has 1 aromatic rings. The molecule has 2 heteroatoms. The SMILES string of the molecule is CCNC(CC(C)CC)c1ccoc1. The molecule has 14 heavy (non-hydrogen) atoms. The molecule has 0 aliphatic carbocycles. The maximum Gasteiger partial charge on any atom is 0.0950 e. The summed E-state index contributed by atoms with van der Waals surface area (Å²) in [5.74, 6) is 0.758. The van der Waals surface area contributed by atoms with Gasteiger partial charge in [0.05, 0.1) is 12.5 Å². The van der Waals surface area contributed by atoms with Crippen LogP contribution in [0.3, 0.4) is 0 Å². The fourth-order valence-corrected chi connectivity index (χ4v) is 1.63. The first-order valence-corrected chi connectivity index (χ1v) is 5.53. The van der Waals surface area contributed by atoms with Gasteiger partial charge in [0.2, 0.25) is 0 Å². The molecule has 0 aliphatic heterocycles. The summed E-state index contributed by atoms with van der Waals surface area (Å²) in [5.41, 5.74) is 1.27. The summed E-state index contributed by atoms with van der Waals surface area (Å²) in [5, 5.41) is 3.49. The standard InChI is InChI=1S/C12H21NO/c1-4-10(3)8-12(13-5-2)11-6-7-14-9-11/h6-7,9-10,12-13H,4-5,8H2,1-3H3. The highest BCUT2D eigenvalue weighted by molar-refractivity contribution is 5.11. The second-order valence-electron chi connectivity index (χ2n) is 3.92. The van der Waals surface area contributed by atoms with Crippen molar-refractivity contribution in [1.29, 1.82) is 0 Å². The molecule has 80 valence electrons. The minimum Gasteiger partial charge on any atom is -0.472 e. The molecule has 2 unspecified atom stereocenters. The Morgan fingerprint density at radius 1 is 1.43 bits per heavy atom. The van der Waals surface area contributed by atoms with Gasteiger partial charge in [0.1, 0.15) is 0 Å². The van der Waals surface area contributed by atoms with Crippen molar-refractivity contribution < 1.29 is 4.42 Å². The topological polar surface area (TPSA) is 25.2 Å². The van der Waals surface area contributed by atoms with Crippen molar-refractivity contribution >= 4 is 0 Å². The van der Waals surface area contributed by atoms with E-state index >= 15 is 0 Å². The highest BCUT2D eigenvalue weighted by atomic mass is 16.3. The van der Waals surface area contributed by atoms with E-state index in [-0.39, 0.29) is 0 Å². The summed E-state index contributed by atoms with van der Waals surface area (Å²) in [6.45, 7) is 7.68. The fourth-order valence-electron chi connectivity index (χ4n) is 1.63. The van der Waals surface area contributed by atoms with E-state index < -0.39 is 0 Å². The molecule has 0 fully saturated rings. The summed E-state index contributed by atoms with van der Waals surface area (Å²) >= 11 is 0. The third kappa shape index (κ3) is 3.18. The van der Waals surface area contributed by atoms with Crippen molar-refractivity contribution in [1.82, 2.24) is 5.32 Å². The molecule has 1 rings (SSSR count). The normalized spacial score (nSPS) is 15.4. The van der Waals surface area contributed by atoms with Gasteiger partial charge in [-0.05, 0) is 24.9 Å². The number of rotatable bonds is 6. The molecule has 2 nitrogen and oxygen atoms in total. The summed E-state index contributed by atoms with van der Waals surface area (Å²) in [6, 6.07) is 2.50. The van der Waals surface area contributed by atoms with Crippen LogP contribution in [0.1, 0.15) is 45.2 Å². The van der Waals surface area contributed by atoms with Crippen LogP contribution < -0.4 is 5.32 Å². The predicted octanol–water partition coefficient (Wildman–Crippen LogP) is 3.37. The Balaban J connectivity index is 2.55. The van der Waals surface area contributed by atoms with Gasteiger partial charge in [-0.15, -0.1) is 0 Å². The molecule has 0 saturated heterocycles. The average molecular weight is 195 g/mol. The van der Waals surface area contributed by atoms with E-state index in [9.17, 15) is 0 Å². The van der Waals surface area contributed by atoms with Gasteiger partial charge >= 0.3 is 0 Å². The van der Waals surface area contributed by atoms with Crippen LogP contribution in [0.25, 0.3) is 0 Å². The summed E-state index contributed by atoms with van der Waals surface area (Å²) in [7, 11) is 0. The van der Waals surface area contributed by atoms with Crippen LogP contribution >= 0.6 is 0 Å². The molecule has 0 radical (unpaired) electrons. The Morgan fingerprint density at radius 3 is 2.71 bits per heavy atom. The lowest BCUT2D eigenvalue weighted by Crippen LogP contribution is -2.22. The number of nitrogens with one attached hydrogen (secondary N) is 1. The highest BCUT2D eigenvalue weighted by Crippen LogP contribution is 2.23. The second-order valence-corrected chi connectivity index (χ2v) is 3.92. The third-order valence-electron chi connectivity index (χ3n) is 2.73. The quantitative estimate of drug-likeness (QED) is 0.753. The Kier molecular flexibility index (Phi) is 4.74. The van der Waals surface area contributed by atoms with Crippen LogP contribution in [0.2, 0.25) is 0 Å². The molecule has 1 aromatic heterocycles. The van der Waals surface area contributed by atoms with E-state index in [1.165, 1.54) is 18.4 Å². The number of hydrogen-bond acceptors (Lipinski definition) is 2. The Hall–Kier alpha value is -0.760. The summed E-state index contributed by atoms with van der Waals surface area (Å²) in [4.78, 5) is 0. The zero-order valence-corrected chi connectivity index (χ0v) is 9.42. The largest absolute Gasteiger partial charge is 0.472 e. The van der Waals surface area contributed by atoms with Gasteiger partial charge in [0, 0.05) is 11.6 Å². The predicted molar refractivity (Wildman–Crippen MR) is 59.2 cm³/mol. The first kappa shape index (κ1) is 11.3. The Morgan fingerprint density at radius 2 is 2.21 bits per heavy atom. The minimum atomic E-state index is 0.452. The number of hydrogen-bond donors (Lipinski definition) is 1. The molecule has 0 aliphatic rings. The zero-order chi connectivity index (χ0) is 10.4. The van der Waals surface area contributed by atoms with Crippen LogP contribution in [-0.4, -0.2) is 6.54 Å². The third-order valence-corrected chi connectivity index (χ3v) is 2.73. The smallest absolute Gasteiger partial charge is 0.0950 e. The van der Waals surface area contributed by atoms with E-state index in [2.05, 4.69) is 32.2 Å². The van der Waals surface area contributed by atoms with Gasteiger partial charge in [0.25, 0.3) is 0 Å². The number of furan rings is 1. The molecule has 0 spiro atoms. The highest BCUT2D eigenvalue weighted by Gasteiger charge is 2.13. The average Bonchev–Trinajstić information content (AvgIpc) is 2.69. The molecule has 2 atom stereocenters. The Labute approximate surface area is 86.7 Å². The van der Waals surface area contributed by atoms with Crippen molar-refractivity contribution in [2.24, 2.45) is 5.92 Å². The van der Waals surface area contributed by atoms with Gasteiger partial charge < -0.3 is 9.73 Å². The van der Waals surface area contributed by atoms with Crippen LogP contribution in [0.4, 0.5) is 0 Å². The van der Waals surface area contributed by atoms with Gasteiger partial charge in [0.15, 0.2) is 0 Å². The molecule has 1 heterocycles. The van der Waals surface area contributed by atoms with E-state index in [4.69, 9.17) is 4.42 Å². The second kappa shape index (κ2) is 5.86. The van der Waals surface area contributed by atoms with Crippen LogP contribution in [0, 0.1) is 5.92 Å². The van der Waals surface area contributed by atoms with Gasteiger partial charge in [-0.1, -0.05) is 27.2 Å². The van der Waals surface area contributed by atoms with Crippen LogP contribution in [0.5, 0.6) is 0 Å². The first-order chi connectivity index (χ1) is 6.77. The molecule has 1 N–H and O–H groups in total. The van der Waals surface area contributed by atoms with Crippen molar-refractivity contribution in [2.75, 3.05) is 6.54 Å². The Bertz CT molecular complexity index is 230. The maximum atomic E-state index is 5.12. The molecular formula is C12H21NO. The molecule has 0 bridgehead atoms. The molecular weight excluding hydrogens is 174 g/mol. The van der Waals surface area contributed by atoms with Crippen LogP contribution in [-0.2, 0) is 0 Å². The monoisotopic (exact) mass is 195 g/mol. The van der Waals surface area contributed by atoms with E-state index in [1.54, 1.807) is 6.26 Å². The zero-order valence-electron chi connectivity index (χ0n) is 9.42. The van der Waals surface area contributed by atoms with Gasteiger partial charge in [-0.25, -0.2) is 0 Å². The summed E-state index contributed by atoms with van der Waals surface area (Å²) < 4.78 is 5.12. The molecule has 0 saturated carbocycles. The maximum absolute atomic E-state index is 5.12. The van der Waals surface area contributed by atoms with Crippen molar-refractivity contribution in [3.05, 3.63) is 24.2 Å². The van der Waals surface area contributed by atoms with Crippen LogP contribution in [0.15, 0.2) is 23.0 Å². The van der Waals surface area contributed by atoms with Crippen molar-refractivity contribution in [2.45, 2.75) is 39.7 Å². The van der Waals surface area contributed by atoms with E-state index in [0.29, 0.717) is 6.04 Å². The van der Waals surface area contributed by atoms with E-state index in [1.807, 2.05) is 6.26 Å². The van der Waals surface area contributed by atoms with E-state index in [0.717, 1.165) is 12.5 Å². The first-order valence-electron chi connectivity index (χ1n) is 5.53. The van der Waals surface area contributed by atoms with Gasteiger partial charge in [-0.2, -0.15) is 0 Å². The lowest BCUT2D eigenvalue weighted by atomic mass is 9.96. The summed E-state index contributed by atoms with van der Waals surface area (Å²) in [6.07, 6.45) is 6.01. The molecule has 0 amide bonds. The van der Waals surface area contributed by atoms with Gasteiger partial charge in [-0.3, -0.25) is 0 Å².